The molecule has 6 heteroatoms. The quantitative estimate of drug-likeness (QED) is 0.882. The number of nitrogens with one attached hydrogen (secondary N) is 1. The monoisotopic (exact) mass is 317 g/mol. The minimum Gasteiger partial charge on any atom is -0.396 e. The number of pyridine rings is 1. The largest absolute Gasteiger partial charge is 0.396 e. The fraction of sp³-hybridized carbons (Fsp3) is 0.588. The predicted octanol–water partition coefficient (Wildman–Crippen LogP) is 1.52. The number of carbonyl (C=O) groups excluding carboxylic acids is 2. The third-order valence-corrected chi connectivity index (χ3v) is 4.84. The van der Waals surface area contributed by atoms with Gasteiger partial charge in [0.25, 0.3) is 5.91 Å². The molecule has 2 fully saturated rings. The Bertz CT molecular complexity index is 601. The standard InChI is InChI=1S/C17H23N3O3/c1-11-5-7-20(9-14(11)10-21)17(23)13-4-6-18-15(8-13)19-16(22)12-2-3-12/h4,6,8,11-12,14,21H,2-3,5,7,9-10H2,1H3,(H,18,19,22). The number of rotatable bonds is 4. The number of aromatic nitrogens is 1. The van der Waals surface area contributed by atoms with E-state index in [1.165, 1.54) is 0 Å². The van der Waals surface area contributed by atoms with E-state index in [0.717, 1.165) is 19.3 Å². The number of hydrogen-bond donors (Lipinski definition) is 2. The molecule has 1 aromatic rings. The van der Waals surface area contributed by atoms with Crippen LogP contribution in [0.2, 0.25) is 0 Å². The molecule has 2 aliphatic rings. The van der Waals surface area contributed by atoms with E-state index < -0.39 is 0 Å². The number of anilines is 1. The lowest BCUT2D eigenvalue weighted by atomic mass is 9.87. The smallest absolute Gasteiger partial charge is 0.254 e. The van der Waals surface area contributed by atoms with Crippen molar-refractivity contribution < 1.29 is 14.7 Å². The van der Waals surface area contributed by atoms with Crippen LogP contribution in [-0.4, -0.2) is 46.5 Å². The molecule has 3 rings (SSSR count). The highest BCUT2D eigenvalue weighted by molar-refractivity contribution is 5.97. The highest BCUT2D eigenvalue weighted by Crippen LogP contribution is 2.30. The molecule has 2 atom stereocenters. The lowest BCUT2D eigenvalue weighted by molar-refractivity contribution is -0.117. The van der Waals surface area contributed by atoms with Gasteiger partial charge in [0.05, 0.1) is 0 Å². The van der Waals surface area contributed by atoms with E-state index in [9.17, 15) is 14.7 Å². The lowest BCUT2D eigenvalue weighted by Crippen LogP contribution is -2.44. The van der Waals surface area contributed by atoms with Crippen molar-refractivity contribution in [2.75, 3.05) is 25.0 Å². The molecule has 1 aliphatic carbocycles. The van der Waals surface area contributed by atoms with Gasteiger partial charge in [0.1, 0.15) is 5.82 Å². The van der Waals surface area contributed by atoms with Gasteiger partial charge in [0.2, 0.25) is 5.91 Å². The molecular formula is C17H23N3O3. The summed E-state index contributed by atoms with van der Waals surface area (Å²) in [6.07, 6.45) is 4.30. The maximum Gasteiger partial charge on any atom is 0.254 e. The van der Waals surface area contributed by atoms with Gasteiger partial charge in [-0.1, -0.05) is 6.92 Å². The van der Waals surface area contributed by atoms with Crippen LogP contribution in [0.5, 0.6) is 0 Å². The van der Waals surface area contributed by atoms with E-state index in [4.69, 9.17) is 0 Å². The van der Waals surface area contributed by atoms with Crippen LogP contribution in [0.25, 0.3) is 0 Å². The molecule has 1 aliphatic heterocycles. The summed E-state index contributed by atoms with van der Waals surface area (Å²) < 4.78 is 0. The number of nitrogens with zero attached hydrogens (tertiary/aromatic N) is 2. The number of likely N-dealkylation sites (tertiary alicyclic amines) is 1. The summed E-state index contributed by atoms with van der Waals surface area (Å²) >= 11 is 0. The summed E-state index contributed by atoms with van der Waals surface area (Å²) in [5, 5.41) is 12.2. The minimum absolute atomic E-state index is 0.0192. The fourth-order valence-electron chi connectivity index (χ4n) is 2.96. The van der Waals surface area contributed by atoms with Gasteiger partial charge in [-0.25, -0.2) is 4.98 Å². The second-order valence-corrected chi connectivity index (χ2v) is 6.65. The van der Waals surface area contributed by atoms with Crippen molar-refractivity contribution >= 4 is 17.6 Å². The van der Waals surface area contributed by atoms with Gasteiger partial charge in [-0.15, -0.1) is 0 Å². The second kappa shape index (κ2) is 6.66. The van der Waals surface area contributed by atoms with Crippen LogP contribution in [0.15, 0.2) is 18.3 Å². The molecule has 0 spiro atoms. The lowest BCUT2D eigenvalue weighted by Gasteiger charge is -2.36. The molecule has 1 saturated heterocycles. The van der Waals surface area contributed by atoms with Gasteiger partial charge in [-0.2, -0.15) is 0 Å². The topological polar surface area (TPSA) is 82.5 Å². The molecule has 1 saturated carbocycles. The Balaban J connectivity index is 1.68. The van der Waals surface area contributed by atoms with E-state index in [-0.39, 0.29) is 30.3 Å². The zero-order valence-electron chi connectivity index (χ0n) is 13.4. The number of carbonyl (C=O) groups is 2. The van der Waals surface area contributed by atoms with Crippen molar-refractivity contribution in [2.45, 2.75) is 26.2 Å². The summed E-state index contributed by atoms with van der Waals surface area (Å²) in [6.45, 7) is 3.48. The minimum atomic E-state index is -0.0697. The van der Waals surface area contributed by atoms with E-state index in [0.29, 0.717) is 30.4 Å². The number of aliphatic hydroxyl groups excluding tert-OH is 1. The van der Waals surface area contributed by atoms with E-state index in [1.807, 2.05) is 0 Å². The fourth-order valence-corrected chi connectivity index (χ4v) is 2.96. The van der Waals surface area contributed by atoms with Crippen molar-refractivity contribution in [3.63, 3.8) is 0 Å². The number of piperidine rings is 1. The summed E-state index contributed by atoms with van der Waals surface area (Å²) in [4.78, 5) is 30.4. The first kappa shape index (κ1) is 15.9. The number of amides is 2. The molecule has 2 heterocycles. The van der Waals surface area contributed by atoms with Crippen LogP contribution < -0.4 is 5.32 Å². The van der Waals surface area contributed by atoms with Crippen molar-refractivity contribution in [3.05, 3.63) is 23.9 Å². The Morgan fingerprint density at radius 3 is 2.87 bits per heavy atom. The van der Waals surface area contributed by atoms with E-state index in [2.05, 4.69) is 17.2 Å². The Kier molecular flexibility index (Phi) is 4.61. The number of aliphatic hydroxyl groups is 1. The first-order valence-electron chi connectivity index (χ1n) is 8.25. The molecule has 23 heavy (non-hydrogen) atoms. The van der Waals surface area contributed by atoms with E-state index >= 15 is 0 Å². The molecular weight excluding hydrogens is 294 g/mol. The SMILES string of the molecule is CC1CCN(C(=O)c2ccnc(NC(=O)C3CC3)c2)CC1CO. The maximum absolute atomic E-state index is 12.7. The molecule has 0 aromatic carbocycles. The average Bonchev–Trinajstić information content (AvgIpc) is 3.40. The highest BCUT2D eigenvalue weighted by atomic mass is 16.3. The van der Waals surface area contributed by atoms with Gasteiger partial charge in [0, 0.05) is 43.3 Å². The predicted molar refractivity (Wildman–Crippen MR) is 85.9 cm³/mol. The van der Waals surface area contributed by atoms with Crippen LogP contribution in [0.3, 0.4) is 0 Å². The van der Waals surface area contributed by atoms with E-state index in [1.54, 1.807) is 23.2 Å². The zero-order chi connectivity index (χ0) is 16.4. The maximum atomic E-state index is 12.7. The van der Waals surface area contributed by atoms with Gasteiger partial charge in [0.15, 0.2) is 0 Å². The van der Waals surface area contributed by atoms with Gasteiger partial charge >= 0.3 is 0 Å². The summed E-state index contributed by atoms with van der Waals surface area (Å²) in [5.41, 5.74) is 0.525. The van der Waals surface area contributed by atoms with Crippen LogP contribution in [-0.2, 0) is 4.79 Å². The third kappa shape index (κ3) is 3.69. The Hall–Kier alpha value is -1.95. The zero-order valence-corrected chi connectivity index (χ0v) is 13.4. The normalized spacial score (nSPS) is 24.3. The Labute approximate surface area is 135 Å². The molecule has 1 aromatic heterocycles. The summed E-state index contributed by atoms with van der Waals surface area (Å²) in [5.74, 6) is 0.995. The van der Waals surface area contributed by atoms with Crippen LogP contribution >= 0.6 is 0 Å². The second-order valence-electron chi connectivity index (χ2n) is 6.65. The molecule has 0 bridgehead atoms. The average molecular weight is 317 g/mol. The Morgan fingerprint density at radius 1 is 1.39 bits per heavy atom. The molecule has 2 unspecified atom stereocenters. The van der Waals surface area contributed by atoms with Gasteiger partial charge in [-0.05, 0) is 37.3 Å². The molecule has 2 amide bonds. The summed E-state index contributed by atoms with van der Waals surface area (Å²) in [7, 11) is 0. The van der Waals surface area contributed by atoms with Gasteiger partial charge < -0.3 is 15.3 Å². The highest BCUT2D eigenvalue weighted by Gasteiger charge is 2.31. The van der Waals surface area contributed by atoms with Crippen molar-refractivity contribution in [1.29, 1.82) is 0 Å². The van der Waals surface area contributed by atoms with Crippen molar-refractivity contribution in [3.8, 4) is 0 Å². The molecule has 124 valence electrons. The van der Waals surface area contributed by atoms with Crippen LogP contribution in [0, 0.1) is 17.8 Å². The van der Waals surface area contributed by atoms with Crippen LogP contribution in [0.4, 0.5) is 5.82 Å². The van der Waals surface area contributed by atoms with Gasteiger partial charge in [-0.3, -0.25) is 9.59 Å². The number of hydrogen-bond acceptors (Lipinski definition) is 4. The molecule has 2 N–H and O–H groups in total. The first-order valence-corrected chi connectivity index (χ1v) is 8.25. The van der Waals surface area contributed by atoms with Crippen molar-refractivity contribution in [2.24, 2.45) is 17.8 Å². The molecule has 0 radical (unpaired) electrons. The van der Waals surface area contributed by atoms with Crippen molar-refractivity contribution in [1.82, 2.24) is 9.88 Å². The first-order chi connectivity index (χ1) is 11.1. The third-order valence-electron chi connectivity index (χ3n) is 4.84. The summed E-state index contributed by atoms with van der Waals surface area (Å²) in [6, 6.07) is 3.30. The molecule has 6 nitrogen and oxygen atoms in total. The van der Waals surface area contributed by atoms with Crippen LogP contribution in [0.1, 0.15) is 36.5 Å². The Morgan fingerprint density at radius 2 is 2.17 bits per heavy atom.